The fourth-order valence-corrected chi connectivity index (χ4v) is 4.16. The highest BCUT2D eigenvalue weighted by Crippen LogP contribution is 2.38. The Morgan fingerprint density at radius 3 is 2.62 bits per heavy atom. The molecule has 0 bridgehead atoms. The number of fused-ring (bicyclic) bond motifs is 2. The lowest BCUT2D eigenvalue weighted by Gasteiger charge is -2.20. The molecular formula is C21H17Cl2F2N3O4. The highest BCUT2D eigenvalue weighted by Gasteiger charge is 2.49. The Morgan fingerprint density at radius 2 is 1.81 bits per heavy atom. The lowest BCUT2D eigenvalue weighted by atomic mass is 10.1. The van der Waals surface area contributed by atoms with Crippen molar-refractivity contribution in [2.45, 2.75) is 24.5 Å². The van der Waals surface area contributed by atoms with Crippen molar-refractivity contribution in [2.75, 3.05) is 25.6 Å². The Labute approximate surface area is 191 Å². The Hall–Kier alpha value is -2.46. The summed E-state index contributed by atoms with van der Waals surface area (Å²) in [4.78, 5) is 8.49. The van der Waals surface area contributed by atoms with Crippen LogP contribution in [0.2, 0.25) is 10.0 Å². The molecule has 168 valence electrons. The van der Waals surface area contributed by atoms with Gasteiger partial charge in [0.05, 0.1) is 41.6 Å². The molecule has 0 amide bonds. The highest BCUT2D eigenvalue weighted by atomic mass is 35.5. The number of halogens is 4. The molecule has 1 aromatic heterocycles. The number of benzene rings is 2. The minimum Gasteiger partial charge on any atom is -0.493 e. The second-order valence-corrected chi connectivity index (χ2v) is 8.20. The maximum absolute atomic E-state index is 14.3. The average Bonchev–Trinajstić information content (AvgIpc) is 3.35. The van der Waals surface area contributed by atoms with Crippen molar-refractivity contribution in [1.29, 1.82) is 0 Å². The zero-order valence-electron chi connectivity index (χ0n) is 16.6. The van der Waals surface area contributed by atoms with Gasteiger partial charge in [-0.1, -0.05) is 23.2 Å². The molecule has 2 fully saturated rings. The quantitative estimate of drug-likeness (QED) is 0.526. The van der Waals surface area contributed by atoms with E-state index in [2.05, 4.69) is 15.3 Å². The van der Waals surface area contributed by atoms with Crippen molar-refractivity contribution >= 4 is 45.6 Å². The van der Waals surface area contributed by atoms with Gasteiger partial charge in [-0.3, -0.25) is 0 Å². The topological polar surface area (TPSA) is 74.7 Å². The van der Waals surface area contributed by atoms with Crippen LogP contribution in [-0.4, -0.2) is 54.8 Å². The summed E-state index contributed by atoms with van der Waals surface area (Å²) in [5, 5.41) is 3.78. The van der Waals surface area contributed by atoms with Crippen molar-refractivity contribution in [2.24, 2.45) is 0 Å². The summed E-state index contributed by atoms with van der Waals surface area (Å²) < 4.78 is 50.7. The molecule has 3 aromatic rings. The van der Waals surface area contributed by atoms with Gasteiger partial charge in [0.2, 0.25) is 0 Å². The molecule has 2 aliphatic rings. The molecule has 4 atom stereocenters. The van der Waals surface area contributed by atoms with E-state index in [9.17, 15) is 8.78 Å². The van der Waals surface area contributed by atoms with Gasteiger partial charge in [0.25, 0.3) is 0 Å². The molecule has 7 nitrogen and oxygen atoms in total. The van der Waals surface area contributed by atoms with E-state index in [0.29, 0.717) is 28.2 Å². The van der Waals surface area contributed by atoms with Gasteiger partial charge in [-0.15, -0.1) is 0 Å². The zero-order chi connectivity index (χ0) is 22.4. The Bertz CT molecular complexity index is 1190. The molecule has 11 heteroatoms. The van der Waals surface area contributed by atoms with Crippen LogP contribution in [0, 0.1) is 5.82 Å². The number of methoxy groups -OCH3 is 1. The number of rotatable bonds is 5. The number of hydrogen-bond donors (Lipinski definition) is 1. The molecule has 5 rings (SSSR count). The first-order valence-electron chi connectivity index (χ1n) is 9.73. The monoisotopic (exact) mass is 483 g/mol. The number of hydrogen-bond acceptors (Lipinski definition) is 7. The highest BCUT2D eigenvalue weighted by molar-refractivity contribution is 6.42. The smallest absolute Gasteiger partial charge is 0.164 e. The van der Waals surface area contributed by atoms with E-state index in [1.807, 2.05) is 0 Å². The van der Waals surface area contributed by atoms with Gasteiger partial charge < -0.3 is 24.3 Å². The van der Waals surface area contributed by atoms with Crippen molar-refractivity contribution < 1.29 is 27.7 Å². The summed E-state index contributed by atoms with van der Waals surface area (Å²) in [5.41, 5.74) is 0.622. The molecule has 32 heavy (non-hydrogen) atoms. The predicted molar refractivity (Wildman–Crippen MR) is 115 cm³/mol. The SMILES string of the molecule is COc1cc2c(Nc3cc(Cl)c(Cl)cc3F)ncnc2cc1OC1CO[C@H]2[C@H](F)CO[C@@H]12. The fraction of sp³-hybridized carbons (Fsp3) is 0.333. The lowest BCUT2D eigenvalue weighted by Crippen LogP contribution is -2.33. The second kappa shape index (κ2) is 8.47. The second-order valence-electron chi connectivity index (χ2n) is 7.38. The van der Waals surface area contributed by atoms with Gasteiger partial charge in [-0.25, -0.2) is 18.7 Å². The maximum atomic E-state index is 14.3. The van der Waals surface area contributed by atoms with Crippen LogP contribution in [0.3, 0.4) is 0 Å². The van der Waals surface area contributed by atoms with Crippen LogP contribution in [0.15, 0.2) is 30.6 Å². The van der Waals surface area contributed by atoms with Crippen molar-refractivity contribution in [1.82, 2.24) is 9.97 Å². The first kappa shape index (κ1) is 21.4. The molecule has 0 spiro atoms. The Balaban J connectivity index is 1.47. The van der Waals surface area contributed by atoms with Crippen LogP contribution in [0.5, 0.6) is 11.5 Å². The standard InChI is InChI=1S/C21H17Cl2F2N3O4/c1-29-16-2-9-14(5-17(16)32-18-7-31-19-13(25)6-30-20(18)19)26-8-27-21(9)28-15-4-11(23)10(22)3-12(15)24/h2-5,8,13,18-20H,6-7H2,1H3,(H,26,27,28)/t13-,18?,19+,20+/m1/s1. The third kappa shape index (κ3) is 3.79. The van der Waals surface area contributed by atoms with Gasteiger partial charge in [-0.2, -0.15) is 0 Å². The molecule has 2 aliphatic heterocycles. The van der Waals surface area contributed by atoms with Crippen LogP contribution in [0.4, 0.5) is 20.3 Å². The summed E-state index contributed by atoms with van der Waals surface area (Å²) in [5.74, 6) is 0.533. The molecule has 2 aromatic carbocycles. The normalized spacial score (nSPS) is 24.5. The van der Waals surface area contributed by atoms with E-state index in [-0.39, 0.29) is 28.9 Å². The van der Waals surface area contributed by atoms with Gasteiger partial charge in [0.1, 0.15) is 30.2 Å². The van der Waals surface area contributed by atoms with Crippen LogP contribution in [-0.2, 0) is 9.47 Å². The van der Waals surface area contributed by atoms with E-state index in [0.717, 1.165) is 6.07 Å². The molecule has 0 saturated carbocycles. The predicted octanol–water partition coefficient (Wildman–Crippen LogP) is 4.71. The molecule has 3 heterocycles. The van der Waals surface area contributed by atoms with E-state index in [4.69, 9.17) is 42.1 Å². The molecule has 0 radical (unpaired) electrons. The summed E-state index contributed by atoms with van der Waals surface area (Å²) in [6.07, 6.45) is -1.46. The average molecular weight is 484 g/mol. The van der Waals surface area contributed by atoms with E-state index in [1.165, 1.54) is 19.5 Å². The third-order valence-corrected chi connectivity index (χ3v) is 6.13. The molecule has 0 aliphatic carbocycles. The minimum absolute atomic E-state index is 0.0163. The van der Waals surface area contributed by atoms with Crippen LogP contribution in [0.1, 0.15) is 0 Å². The Kier molecular flexibility index (Phi) is 5.66. The van der Waals surface area contributed by atoms with Gasteiger partial charge in [0, 0.05) is 11.5 Å². The molecular weight excluding hydrogens is 467 g/mol. The summed E-state index contributed by atoms with van der Waals surface area (Å²) in [7, 11) is 1.49. The summed E-state index contributed by atoms with van der Waals surface area (Å²) in [6, 6.07) is 5.83. The van der Waals surface area contributed by atoms with Gasteiger partial charge in [-0.05, 0) is 18.2 Å². The third-order valence-electron chi connectivity index (χ3n) is 5.41. The summed E-state index contributed by atoms with van der Waals surface area (Å²) in [6.45, 7) is 0.182. The van der Waals surface area contributed by atoms with E-state index < -0.39 is 30.3 Å². The maximum Gasteiger partial charge on any atom is 0.164 e. The van der Waals surface area contributed by atoms with Crippen molar-refractivity contribution in [3.8, 4) is 11.5 Å². The van der Waals surface area contributed by atoms with Crippen LogP contribution in [0.25, 0.3) is 10.9 Å². The first-order valence-corrected chi connectivity index (χ1v) is 10.5. The molecule has 1 unspecified atom stereocenters. The molecule has 2 saturated heterocycles. The van der Waals surface area contributed by atoms with E-state index in [1.54, 1.807) is 12.1 Å². The number of aromatic nitrogens is 2. The Morgan fingerprint density at radius 1 is 1.03 bits per heavy atom. The largest absolute Gasteiger partial charge is 0.493 e. The first-order chi connectivity index (χ1) is 15.4. The summed E-state index contributed by atoms with van der Waals surface area (Å²) >= 11 is 11.9. The van der Waals surface area contributed by atoms with Crippen molar-refractivity contribution in [3.05, 3.63) is 46.5 Å². The number of nitrogens with one attached hydrogen (secondary N) is 1. The molecule has 1 N–H and O–H groups in total. The van der Waals surface area contributed by atoms with Gasteiger partial charge in [0.15, 0.2) is 23.8 Å². The van der Waals surface area contributed by atoms with Crippen LogP contribution < -0.4 is 14.8 Å². The zero-order valence-corrected chi connectivity index (χ0v) is 18.2. The fourth-order valence-electron chi connectivity index (χ4n) is 3.84. The number of alkyl halides is 1. The lowest BCUT2D eigenvalue weighted by molar-refractivity contribution is 0.0271. The van der Waals surface area contributed by atoms with Gasteiger partial charge >= 0.3 is 0 Å². The van der Waals surface area contributed by atoms with Crippen LogP contribution >= 0.6 is 23.2 Å². The number of nitrogens with zero attached hydrogens (tertiary/aromatic N) is 2. The van der Waals surface area contributed by atoms with Crippen molar-refractivity contribution in [3.63, 3.8) is 0 Å². The number of ether oxygens (including phenoxy) is 4. The minimum atomic E-state index is -1.17. The number of anilines is 2. The van der Waals surface area contributed by atoms with E-state index >= 15 is 0 Å².